The summed E-state index contributed by atoms with van der Waals surface area (Å²) in [6.07, 6.45) is 0.0740. The second-order valence-electron chi connectivity index (χ2n) is 9.14. The molecule has 1 amide bonds. The zero-order valence-electron chi connectivity index (χ0n) is 19.7. The Labute approximate surface area is 199 Å². The maximum Gasteiger partial charge on any atom is 0.216 e. The Hall–Kier alpha value is -3.09. The van der Waals surface area contributed by atoms with Crippen molar-refractivity contribution in [3.63, 3.8) is 0 Å². The maximum atomic E-state index is 13.9. The van der Waals surface area contributed by atoms with Gasteiger partial charge in [-0.3, -0.25) is 10.1 Å². The molecule has 34 heavy (non-hydrogen) atoms. The lowest BCUT2D eigenvalue weighted by Crippen LogP contribution is -2.54. The smallest absolute Gasteiger partial charge is 0.216 e. The van der Waals surface area contributed by atoms with Crippen molar-refractivity contribution in [1.82, 2.24) is 10.6 Å². The molecule has 1 aliphatic carbocycles. The van der Waals surface area contributed by atoms with Gasteiger partial charge in [0.2, 0.25) is 5.91 Å². The van der Waals surface area contributed by atoms with Gasteiger partial charge in [0.15, 0.2) is 0 Å². The first-order valence-electron chi connectivity index (χ1n) is 11.6. The van der Waals surface area contributed by atoms with Crippen LogP contribution in [0.15, 0.2) is 60.7 Å². The van der Waals surface area contributed by atoms with Crippen LogP contribution in [0.3, 0.4) is 0 Å². The molecule has 0 bridgehead atoms. The molecule has 0 saturated heterocycles. The monoisotopic (exact) mass is 464 g/mol. The van der Waals surface area contributed by atoms with E-state index >= 15 is 0 Å². The second-order valence-corrected chi connectivity index (χ2v) is 9.14. The van der Waals surface area contributed by atoms with Crippen molar-refractivity contribution in [2.45, 2.75) is 51.3 Å². The highest BCUT2D eigenvalue weighted by Gasteiger charge is 2.41. The van der Waals surface area contributed by atoms with Gasteiger partial charge in [-0.2, -0.15) is 0 Å². The van der Waals surface area contributed by atoms with Gasteiger partial charge in [-0.15, -0.1) is 0 Å². The molecule has 3 aromatic rings. The van der Waals surface area contributed by atoms with E-state index in [0.717, 1.165) is 34.7 Å². The number of amides is 1. The Balaban J connectivity index is 1.75. The molecule has 3 unspecified atom stereocenters. The van der Waals surface area contributed by atoms with E-state index in [1.165, 1.54) is 24.6 Å². The molecule has 0 aliphatic heterocycles. The molecule has 4 nitrogen and oxygen atoms in total. The van der Waals surface area contributed by atoms with Crippen LogP contribution in [-0.2, 0) is 23.2 Å². The molecule has 0 aromatic heterocycles. The van der Waals surface area contributed by atoms with Gasteiger partial charge in [-0.05, 0) is 65.3 Å². The van der Waals surface area contributed by atoms with Crippen LogP contribution in [-0.4, -0.2) is 29.7 Å². The number of fused-ring (bicyclic) bond motifs is 3. The third-order valence-corrected chi connectivity index (χ3v) is 6.66. The average molecular weight is 465 g/mol. The SMILES string of the molecule is CCc1ccc2c(c1)C(C)(NC(Cc1cc(F)cc(F)c1)C(O)CNC(C)=O)c1ccccc1-2. The summed E-state index contributed by atoms with van der Waals surface area (Å²) in [7, 11) is 0. The lowest BCUT2D eigenvalue weighted by Gasteiger charge is -2.36. The van der Waals surface area contributed by atoms with E-state index in [1.54, 1.807) is 0 Å². The molecule has 6 heteroatoms. The van der Waals surface area contributed by atoms with Crippen LogP contribution in [0.25, 0.3) is 11.1 Å². The van der Waals surface area contributed by atoms with Crippen molar-refractivity contribution < 1.29 is 18.7 Å². The van der Waals surface area contributed by atoms with Gasteiger partial charge in [0, 0.05) is 25.6 Å². The van der Waals surface area contributed by atoms with E-state index in [2.05, 4.69) is 54.8 Å². The number of hydrogen-bond donors (Lipinski definition) is 3. The molecule has 0 fully saturated rings. The molecule has 0 heterocycles. The lowest BCUT2D eigenvalue weighted by atomic mass is 9.86. The van der Waals surface area contributed by atoms with Crippen molar-refractivity contribution >= 4 is 5.91 Å². The fourth-order valence-electron chi connectivity index (χ4n) is 4.94. The van der Waals surface area contributed by atoms with Gasteiger partial charge < -0.3 is 10.4 Å². The number of carbonyl (C=O) groups is 1. The number of rotatable bonds is 8. The van der Waals surface area contributed by atoms with E-state index in [9.17, 15) is 18.7 Å². The van der Waals surface area contributed by atoms with Gasteiger partial charge >= 0.3 is 0 Å². The minimum atomic E-state index is -0.988. The minimum absolute atomic E-state index is 0.0182. The van der Waals surface area contributed by atoms with Crippen LogP contribution in [0.5, 0.6) is 0 Å². The minimum Gasteiger partial charge on any atom is -0.390 e. The summed E-state index contributed by atoms with van der Waals surface area (Å²) in [5, 5.41) is 17.3. The van der Waals surface area contributed by atoms with Crippen molar-refractivity contribution in [2.75, 3.05) is 6.54 Å². The zero-order chi connectivity index (χ0) is 24.5. The molecule has 3 atom stereocenters. The Morgan fingerprint density at radius 2 is 1.65 bits per heavy atom. The van der Waals surface area contributed by atoms with Crippen LogP contribution in [0.2, 0.25) is 0 Å². The van der Waals surface area contributed by atoms with Crippen LogP contribution < -0.4 is 10.6 Å². The van der Waals surface area contributed by atoms with Crippen LogP contribution in [0.1, 0.15) is 43.0 Å². The normalized spacial score (nSPS) is 18.2. The molecule has 0 radical (unpaired) electrons. The molecule has 1 aliphatic rings. The Morgan fingerprint density at radius 1 is 0.971 bits per heavy atom. The van der Waals surface area contributed by atoms with Crippen molar-refractivity contribution in [3.8, 4) is 11.1 Å². The summed E-state index contributed by atoms with van der Waals surface area (Å²) in [6.45, 7) is 5.58. The van der Waals surface area contributed by atoms with Gasteiger partial charge in [0.25, 0.3) is 0 Å². The van der Waals surface area contributed by atoms with Crippen LogP contribution in [0.4, 0.5) is 8.78 Å². The topological polar surface area (TPSA) is 61.4 Å². The highest BCUT2D eigenvalue weighted by molar-refractivity contribution is 5.81. The third-order valence-electron chi connectivity index (χ3n) is 6.66. The zero-order valence-corrected chi connectivity index (χ0v) is 19.7. The van der Waals surface area contributed by atoms with E-state index in [4.69, 9.17) is 0 Å². The number of aliphatic hydroxyl groups is 1. The summed E-state index contributed by atoms with van der Waals surface area (Å²) < 4.78 is 27.8. The first kappa shape index (κ1) is 24.0. The largest absolute Gasteiger partial charge is 0.390 e. The average Bonchev–Trinajstić information content (AvgIpc) is 3.04. The molecule has 3 N–H and O–H groups in total. The van der Waals surface area contributed by atoms with E-state index in [0.29, 0.717) is 5.56 Å². The Morgan fingerprint density at radius 3 is 2.32 bits per heavy atom. The van der Waals surface area contributed by atoms with E-state index in [1.807, 2.05) is 12.1 Å². The summed E-state index contributed by atoms with van der Waals surface area (Å²) in [5.74, 6) is -1.59. The van der Waals surface area contributed by atoms with Gasteiger partial charge in [-0.1, -0.05) is 49.4 Å². The maximum absolute atomic E-state index is 13.9. The standard InChI is InChI=1S/C28H30F2N2O2/c1-4-18-9-10-23-22-7-5-6-8-24(22)28(3,25(23)13-18)32-26(27(34)16-31-17(2)33)14-19-11-20(29)15-21(30)12-19/h5-13,15,26-27,32,34H,4,14,16H2,1-3H3,(H,31,33). The van der Waals surface area contributed by atoms with E-state index in [-0.39, 0.29) is 18.9 Å². The Kier molecular flexibility index (Phi) is 6.82. The molecule has 0 spiro atoms. The molecule has 3 aromatic carbocycles. The fraction of sp³-hybridized carbons (Fsp3) is 0.321. The molecule has 178 valence electrons. The number of nitrogens with one attached hydrogen (secondary N) is 2. The molecular weight excluding hydrogens is 434 g/mol. The third kappa shape index (κ3) is 4.74. The lowest BCUT2D eigenvalue weighted by molar-refractivity contribution is -0.119. The highest BCUT2D eigenvalue weighted by atomic mass is 19.1. The Bertz CT molecular complexity index is 1190. The predicted octanol–water partition coefficient (Wildman–Crippen LogP) is 4.47. The summed E-state index contributed by atoms with van der Waals surface area (Å²) in [6, 6.07) is 17.3. The summed E-state index contributed by atoms with van der Waals surface area (Å²) in [5.41, 5.74) is 5.37. The van der Waals surface area contributed by atoms with Crippen LogP contribution >= 0.6 is 0 Å². The van der Waals surface area contributed by atoms with Crippen molar-refractivity contribution in [1.29, 1.82) is 0 Å². The van der Waals surface area contributed by atoms with Crippen molar-refractivity contribution in [3.05, 3.63) is 94.6 Å². The number of benzene rings is 3. The number of aliphatic hydroxyl groups excluding tert-OH is 1. The molecule has 0 saturated carbocycles. The predicted molar refractivity (Wildman–Crippen MR) is 129 cm³/mol. The summed E-state index contributed by atoms with van der Waals surface area (Å²) in [4.78, 5) is 11.5. The van der Waals surface area contributed by atoms with E-state index < -0.39 is 29.3 Å². The quantitative estimate of drug-likeness (QED) is 0.461. The summed E-state index contributed by atoms with van der Waals surface area (Å²) >= 11 is 0. The van der Waals surface area contributed by atoms with Gasteiger partial charge in [0.05, 0.1) is 11.6 Å². The van der Waals surface area contributed by atoms with Crippen LogP contribution in [0, 0.1) is 11.6 Å². The number of hydrogen-bond acceptors (Lipinski definition) is 3. The first-order valence-corrected chi connectivity index (χ1v) is 11.6. The first-order chi connectivity index (χ1) is 16.2. The highest BCUT2D eigenvalue weighted by Crippen LogP contribution is 2.48. The number of halogens is 2. The van der Waals surface area contributed by atoms with Gasteiger partial charge in [-0.25, -0.2) is 8.78 Å². The van der Waals surface area contributed by atoms with Gasteiger partial charge in [0.1, 0.15) is 11.6 Å². The van der Waals surface area contributed by atoms with Crippen molar-refractivity contribution in [2.24, 2.45) is 0 Å². The number of carbonyl (C=O) groups excluding carboxylic acids is 1. The fourth-order valence-corrected chi connectivity index (χ4v) is 4.94. The molecular formula is C28H30F2N2O2. The number of aryl methyl sites for hydroxylation is 1. The molecule has 4 rings (SSSR count). The second kappa shape index (κ2) is 9.65.